The first-order chi connectivity index (χ1) is 10.9. The van der Waals surface area contributed by atoms with Crippen LogP contribution in [-0.4, -0.2) is 29.4 Å². The average Bonchev–Trinajstić information content (AvgIpc) is 2.51. The number of para-hydroxylation sites is 1. The lowest BCUT2D eigenvalue weighted by molar-refractivity contribution is -0.385. The fourth-order valence-corrected chi connectivity index (χ4v) is 1.96. The number of carbonyl (C=O) groups is 2. The van der Waals surface area contributed by atoms with Crippen molar-refractivity contribution in [2.45, 2.75) is 32.7 Å². The van der Waals surface area contributed by atoms with Crippen LogP contribution in [0.1, 0.15) is 32.3 Å². The first-order valence-electron chi connectivity index (χ1n) is 7.31. The highest BCUT2D eigenvalue weighted by atomic mass is 16.6. The second-order valence-electron chi connectivity index (χ2n) is 5.01. The van der Waals surface area contributed by atoms with Crippen molar-refractivity contribution in [1.29, 1.82) is 0 Å². The number of nitro groups is 1. The maximum Gasteiger partial charge on any atom is 0.331 e. The van der Waals surface area contributed by atoms with Crippen molar-refractivity contribution < 1.29 is 19.2 Å². The summed E-state index contributed by atoms with van der Waals surface area (Å²) in [5.74, 6) is -1.11. The summed E-state index contributed by atoms with van der Waals surface area (Å²) >= 11 is 0. The van der Waals surface area contributed by atoms with Crippen LogP contribution in [-0.2, 0) is 14.3 Å². The molecule has 1 amide bonds. The molecule has 0 fully saturated rings. The molecule has 7 nitrogen and oxygen atoms in total. The monoisotopic (exact) mass is 320 g/mol. The number of nitro benzene ring substituents is 1. The molecular formula is C16H20N2O5. The summed E-state index contributed by atoms with van der Waals surface area (Å²) in [6.45, 7) is 3.50. The van der Waals surface area contributed by atoms with E-state index in [9.17, 15) is 19.7 Å². The van der Waals surface area contributed by atoms with E-state index in [1.807, 2.05) is 13.8 Å². The van der Waals surface area contributed by atoms with E-state index in [2.05, 4.69) is 5.32 Å². The van der Waals surface area contributed by atoms with Gasteiger partial charge in [-0.15, -0.1) is 0 Å². The first-order valence-corrected chi connectivity index (χ1v) is 7.31. The van der Waals surface area contributed by atoms with Gasteiger partial charge in [-0.05, 0) is 25.5 Å². The summed E-state index contributed by atoms with van der Waals surface area (Å²) < 4.78 is 4.80. The van der Waals surface area contributed by atoms with Gasteiger partial charge in [-0.2, -0.15) is 0 Å². The molecule has 1 aromatic rings. The zero-order chi connectivity index (χ0) is 17.2. The molecule has 1 atom stereocenters. The molecule has 7 heteroatoms. The molecule has 0 aromatic heterocycles. The van der Waals surface area contributed by atoms with E-state index in [1.165, 1.54) is 24.3 Å². The summed E-state index contributed by atoms with van der Waals surface area (Å²) in [4.78, 5) is 33.4. The minimum atomic E-state index is -0.735. The molecule has 1 rings (SSSR count). The molecule has 0 aliphatic heterocycles. The molecule has 0 unspecified atom stereocenters. The Morgan fingerprint density at radius 1 is 1.39 bits per heavy atom. The maximum atomic E-state index is 11.6. The molecule has 23 heavy (non-hydrogen) atoms. The lowest BCUT2D eigenvalue weighted by Crippen LogP contribution is -2.35. The van der Waals surface area contributed by atoms with Gasteiger partial charge in [0.1, 0.15) is 0 Å². The van der Waals surface area contributed by atoms with Crippen molar-refractivity contribution >= 4 is 23.6 Å². The molecule has 0 aliphatic rings. The van der Waals surface area contributed by atoms with Gasteiger partial charge in [0.05, 0.1) is 10.5 Å². The molecule has 0 aliphatic carbocycles. The Morgan fingerprint density at radius 3 is 2.74 bits per heavy atom. The lowest BCUT2D eigenvalue weighted by Gasteiger charge is -2.12. The number of hydrogen-bond donors (Lipinski definition) is 1. The van der Waals surface area contributed by atoms with Gasteiger partial charge in [-0.25, -0.2) is 4.79 Å². The number of rotatable bonds is 8. The van der Waals surface area contributed by atoms with Crippen LogP contribution in [0.4, 0.5) is 5.69 Å². The maximum absolute atomic E-state index is 11.6. The summed E-state index contributed by atoms with van der Waals surface area (Å²) in [7, 11) is 0. The predicted molar refractivity (Wildman–Crippen MR) is 85.6 cm³/mol. The van der Waals surface area contributed by atoms with Crippen LogP contribution in [0.15, 0.2) is 30.3 Å². The van der Waals surface area contributed by atoms with Crippen LogP contribution in [0, 0.1) is 10.1 Å². The fraction of sp³-hybridized carbons (Fsp3) is 0.375. The summed E-state index contributed by atoms with van der Waals surface area (Å²) in [6, 6.07) is 6.04. The van der Waals surface area contributed by atoms with Gasteiger partial charge >= 0.3 is 5.97 Å². The predicted octanol–water partition coefficient (Wildman–Crippen LogP) is 2.46. The number of ether oxygens (including phenoxy) is 1. The van der Waals surface area contributed by atoms with Crippen molar-refractivity contribution in [3.8, 4) is 0 Å². The van der Waals surface area contributed by atoms with E-state index in [0.717, 1.165) is 18.9 Å². The fourth-order valence-electron chi connectivity index (χ4n) is 1.96. The average molecular weight is 320 g/mol. The Morgan fingerprint density at radius 2 is 2.09 bits per heavy atom. The zero-order valence-corrected chi connectivity index (χ0v) is 13.2. The molecule has 1 aromatic carbocycles. The van der Waals surface area contributed by atoms with Crippen molar-refractivity contribution in [3.05, 3.63) is 46.0 Å². The number of carbonyl (C=O) groups excluding carboxylic acids is 2. The Kier molecular flexibility index (Phi) is 7.45. The quantitative estimate of drug-likeness (QED) is 0.343. The number of hydrogen-bond acceptors (Lipinski definition) is 5. The lowest BCUT2D eigenvalue weighted by atomic mass is 10.1. The van der Waals surface area contributed by atoms with Crippen molar-refractivity contribution in [2.24, 2.45) is 0 Å². The third-order valence-electron chi connectivity index (χ3n) is 3.01. The minimum Gasteiger partial charge on any atom is -0.452 e. The number of nitrogens with zero attached hydrogens (tertiary/aromatic N) is 1. The van der Waals surface area contributed by atoms with Crippen molar-refractivity contribution in [3.63, 3.8) is 0 Å². The van der Waals surface area contributed by atoms with Crippen LogP contribution in [0.5, 0.6) is 0 Å². The SMILES string of the molecule is CCC[C@@H](C)NC(=O)COC(=O)/C=C/c1ccccc1[N+](=O)[O-]. The van der Waals surface area contributed by atoms with Gasteiger partial charge in [-0.3, -0.25) is 14.9 Å². The summed E-state index contributed by atoms with van der Waals surface area (Å²) in [6.07, 6.45) is 4.14. The standard InChI is InChI=1S/C16H20N2O5/c1-3-6-12(2)17-15(19)11-23-16(20)10-9-13-7-4-5-8-14(13)18(21)22/h4-5,7-10,12H,3,6,11H2,1-2H3,(H,17,19)/b10-9+/t12-/m1/s1. The van der Waals surface area contributed by atoms with E-state index in [4.69, 9.17) is 4.74 Å². The smallest absolute Gasteiger partial charge is 0.331 e. The topological polar surface area (TPSA) is 98.5 Å². The van der Waals surface area contributed by atoms with Crippen LogP contribution < -0.4 is 5.32 Å². The normalized spacial score (nSPS) is 11.9. The minimum absolute atomic E-state index is 0.0220. The Bertz CT molecular complexity index is 598. The van der Waals surface area contributed by atoms with Gasteiger partial charge in [0.2, 0.25) is 0 Å². The summed E-state index contributed by atoms with van der Waals surface area (Å²) in [5.41, 5.74) is 0.179. The number of esters is 1. The highest BCUT2D eigenvalue weighted by molar-refractivity contribution is 5.89. The molecule has 0 spiro atoms. The second-order valence-corrected chi connectivity index (χ2v) is 5.01. The number of amides is 1. The van der Waals surface area contributed by atoms with Crippen LogP contribution in [0.2, 0.25) is 0 Å². The molecule has 0 heterocycles. The first kappa shape index (κ1) is 18.3. The van der Waals surface area contributed by atoms with E-state index < -0.39 is 10.9 Å². The molecule has 1 N–H and O–H groups in total. The van der Waals surface area contributed by atoms with Gasteiger partial charge in [-0.1, -0.05) is 25.5 Å². The number of benzene rings is 1. The number of nitrogens with one attached hydrogen (secondary N) is 1. The second kappa shape index (κ2) is 9.34. The third-order valence-corrected chi connectivity index (χ3v) is 3.01. The molecule has 124 valence electrons. The van der Waals surface area contributed by atoms with Crippen LogP contribution >= 0.6 is 0 Å². The van der Waals surface area contributed by atoms with Crippen LogP contribution in [0.3, 0.4) is 0 Å². The van der Waals surface area contributed by atoms with E-state index >= 15 is 0 Å². The zero-order valence-electron chi connectivity index (χ0n) is 13.2. The van der Waals surface area contributed by atoms with E-state index in [0.29, 0.717) is 0 Å². The van der Waals surface area contributed by atoms with E-state index in [1.54, 1.807) is 6.07 Å². The Balaban J connectivity index is 2.51. The van der Waals surface area contributed by atoms with Gasteiger partial charge in [0.15, 0.2) is 6.61 Å². The Hall–Kier alpha value is -2.70. The largest absolute Gasteiger partial charge is 0.452 e. The van der Waals surface area contributed by atoms with Crippen LogP contribution in [0.25, 0.3) is 6.08 Å². The summed E-state index contributed by atoms with van der Waals surface area (Å²) in [5, 5.41) is 13.5. The van der Waals surface area contributed by atoms with Crippen molar-refractivity contribution in [1.82, 2.24) is 5.32 Å². The molecule has 0 saturated carbocycles. The highest BCUT2D eigenvalue weighted by Crippen LogP contribution is 2.18. The van der Waals surface area contributed by atoms with Gasteiger partial charge < -0.3 is 10.1 Å². The van der Waals surface area contributed by atoms with Gasteiger partial charge in [0.25, 0.3) is 11.6 Å². The molecule has 0 radical (unpaired) electrons. The Labute approximate surface area is 134 Å². The van der Waals surface area contributed by atoms with Crippen molar-refractivity contribution in [2.75, 3.05) is 6.61 Å². The highest BCUT2D eigenvalue weighted by Gasteiger charge is 2.11. The van der Waals surface area contributed by atoms with E-state index in [-0.39, 0.29) is 29.8 Å². The molecule has 0 saturated heterocycles. The molecule has 0 bridgehead atoms. The molecular weight excluding hydrogens is 300 g/mol. The van der Waals surface area contributed by atoms with Gasteiger partial charge in [0, 0.05) is 18.2 Å². The third kappa shape index (κ3) is 6.73.